The monoisotopic (exact) mass is 261 g/mol. The van der Waals surface area contributed by atoms with Crippen LogP contribution in [0.5, 0.6) is 5.75 Å². The summed E-state index contributed by atoms with van der Waals surface area (Å²) >= 11 is 0. The summed E-state index contributed by atoms with van der Waals surface area (Å²) in [5, 5.41) is 3.67. The van der Waals surface area contributed by atoms with E-state index in [0.717, 1.165) is 30.6 Å². The van der Waals surface area contributed by atoms with Crippen LogP contribution in [0.1, 0.15) is 38.7 Å². The smallest absolute Gasteiger partial charge is 0.122 e. The van der Waals surface area contributed by atoms with Crippen molar-refractivity contribution in [1.82, 2.24) is 5.32 Å². The van der Waals surface area contributed by atoms with Crippen molar-refractivity contribution in [2.45, 2.75) is 45.6 Å². The van der Waals surface area contributed by atoms with Crippen molar-refractivity contribution >= 4 is 0 Å². The molecule has 2 nitrogen and oxygen atoms in total. The molecule has 0 aromatic heterocycles. The van der Waals surface area contributed by atoms with E-state index in [1.807, 2.05) is 6.07 Å². The molecule has 1 aromatic rings. The van der Waals surface area contributed by atoms with Gasteiger partial charge in [0.1, 0.15) is 5.75 Å². The van der Waals surface area contributed by atoms with Gasteiger partial charge in [-0.05, 0) is 55.7 Å². The highest BCUT2D eigenvalue weighted by Gasteiger charge is 2.28. The van der Waals surface area contributed by atoms with Gasteiger partial charge in [-0.2, -0.15) is 0 Å². The Bertz CT molecular complexity index is 391. The maximum absolute atomic E-state index is 5.49. The highest BCUT2D eigenvalue weighted by molar-refractivity contribution is 5.33. The van der Waals surface area contributed by atoms with Crippen LogP contribution in [0, 0.1) is 11.8 Å². The number of nitrogens with one attached hydrogen (secondary N) is 1. The van der Waals surface area contributed by atoms with E-state index in [1.54, 1.807) is 7.11 Å². The first-order valence-corrected chi connectivity index (χ1v) is 7.59. The van der Waals surface area contributed by atoms with Crippen molar-refractivity contribution in [3.63, 3.8) is 0 Å². The molecule has 19 heavy (non-hydrogen) atoms. The van der Waals surface area contributed by atoms with E-state index in [0.29, 0.717) is 6.04 Å². The Morgan fingerprint density at radius 2 is 2.05 bits per heavy atom. The zero-order valence-electron chi connectivity index (χ0n) is 12.5. The van der Waals surface area contributed by atoms with Gasteiger partial charge in [-0.25, -0.2) is 0 Å². The maximum atomic E-state index is 5.49. The fourth-order valence-corrected chi connectivity index (χ4v) is 3.41. The van der Waals surface area contributed by atoms with Crippen molar-refractivity contribution in [2.24, 2.45) is 11.8 Å². The van der Waals surface area contributed by atoms with Crippen LogP contribution in [0.25, 0.3) is 0 Å². The molecule has 0 radical (unpaired) electrons. The lowest BCUT2D eigenvalue weighted by Crippen LogP contribution is -2.41. The Hall–Kier alpha value is -1.02. The van der Waals surface area contributed by atoms with Gasteiger partial charge in [0, 0.05) is 6.04 Å². The highest BCUT2D eigenvalue weighted by atomic mass is 16.5. The van der Waals surface area contributed by atoms with Gasteiger partial charge in [-0.15, -0.1) is 0 Å². The molecule has 0 aliphatic heterocycles. The Morgan fingerprint density at radius 3 is 2.79 bits per heavy atom. The third kappa shape index (κ3) is 3.73. The van der Waals surface area contributed by atoms with E-state index in [9.17, 15) is 0 Å². The van der Waals surface area contributed by atoms with Crippen LogP contribution in [-0.4, -0.2) is 19.7 Å². The fraction of sp³-hybridized carbons (Fsp3) is 0.647. The van der Waals surface area contributed by atoms with Crippen LogP contribution in [0.15, 0.2) is 24.3 Å². The van der Waals surface area contributed by atoms with Crippen LogP contribution in [0.3, 0.4) is 0 Å². The lowest BCUT2D eigenvalue weighted by Gasteiger charge is -2.35. The van der Waals surface area contributed by atoms with Crippen molar-refractivity contribution in [3.05, 3.63) is 29.8 Å². The van der Waals surface area contributed by atoms with E-state index in [1.165, 1.54) is 24.8 Å². The van der Waals surface area contributed by atoms with E-state index in [2.05, 4.69) is 37.4 Å². The molecule has 3 atom stereocenters. The molecule has 1 N–H and O–H groups in total. The van der Waals surface area contributed by atoms with Gasteiger partial charge in [0.15, 0.2) is 0 Å². The summed E-state index contributed by atoms with van der Waals surface area (Å²) in [4.78, 5) is 0. The molecule has 1 aliphatic carbocycles. The molecule has 106 valence electrons. The van der Waals surface area contributed by atoms with Crippen LogP contribution >= 0.6 is 0 Å². The summed E-state index contributed by atoms with van der Waals surface area (Å²) in [5.74, 6) is 2.63. The predicted octanol–water partition coefficient (Wildman–Crippen LogP) is 3.65. The summed E-state index contributed by atoms with van der Waals surface area (Å²) < 4.78 is 5.49. The molecule has 1 saturated carbocycles. The molecule has 0 spiro atoms. The molecule has 2 rings (SSSR count). The first-order valence-electron chi connectivity index (χ1n) is 7.59. The van der Waals surface area contributed by atoms with Crippen molar-refractivity contribution in [1.29, 1.82) is 0 Å². The topological polar surface area (TPSA) is 21.3 Å². The Labute approximate surface area is 117 Å². The van der Waals surface area contributed by atoms with Crippen LogP contribution in [0.2, 0.25) is 0 Å². The van der Waals surface area contributed by atoms with Crippen molar-refractivity contribution < 1.29 is 4.74 Å². The first-order chi connectivity index (χ1) is 9.24. The van der Waals surface area contributed by atoms with Crippen LogP contribution < -0.4 is 10.1 Å². The number of hydrogen-bond acceptors (Lipinski definition) is 2. The number of methoxy groups -OCH3 is 1. The lowest BCUT2D eigenvalue weighted by atomic mass is 9.76. The largest absolute Gasteiger partial charge is 0.496 e. The minimum Gasteiger partial charge on any atom is -0.496 e. The second-order valence-corrected chi connectivity index (χ2v) is 5.86. The van der Waals surface area contributed by atoms with Gasteiger partial charge in [-0.3, -0.25) is 0 Å². The molecular formula is C17H27NO. The molecule has 0 amide bonds. The van der Waals surface area contributed by atoms with E-state index in [4.69, 9.17) is 4.74 Å². The average molecular weight is 261 g/mol. The summed E-state index contributed by atoms with van der Waals surface area (Å²) in [7, 11) is 1.77. The van der Waals surface area contributed by atoms with Crippen molar-refractivity contribution in [3.8, 4) is 5.75 Å². The third-order valence-electron chi connectivity index (χ3n) is 4.39. The number of para-hydroxylation sites is 1. The summed E-state index contributed by atoms with van der Waals surface area (Å²) in [6.07, 6.45) is 5.14. The maximum Gasteiger partial charge on any atom is 0.122 e. The zero-order valence-corrected chi connectivity index (χ0v) is 12.5. The van der Waals surface area contributed by atoms with Gasteiger partial charge in [-0.1, -0.05) is 32.0 Å². The molecule has 1 aromatic carbocycles. The van der Waals surface area contributed by atoms with Crippen molar-refractivity contribution in [2.75, 3.05) is 13.7 Å². The zero-order chi connectivity index (χ0) is 13.7. The second kappa shape index (κ2) is 6.95. The minimum atomic E-state index is 0.672. The summed E-state index contributed by atoms with van der Waals surface area (Å²) in [6, 6.07) is 9.12. The van der Waals surface area contributed by atoms with Gasteiger partial charge in [0.05, 0.1) is 7.11 Å². The van der Waals surface area contributed by atoms with Crippen LogP contribution in [-0.2, 0) is 6.42 Å². The number of ether oxygens (including phenoxy) is 1. The van der Waals surface area contributed by atoms with E-state index in [-0.39, 0.29) is 0 Å². The van der Waals surface area contributed by atoms with Crippen LogP contribution in [0.4, 0.5) is 0 Å². The van der Waals surface area contributed by atoms with E-state index >= 15 is 0 Å². The number of rotatable bonds is 5. The molecular weight excluding hydrogens is 234 g/mol. The summed E-state index contributed by atoms with van der Waals surface area (Å²) in [6.45, 7) is 5.66. The predicted molar refractivity (Wildman–Crippen MR) is 80.7 cm³/mol. The number of benzene rings is 1. The Kier molecular flexibility index (Phi) is 5.26. The fourth-order valence-electron chi connectivity index (χ4n) is 3.41. The van der Waals surface area contributed by atoms with Gasteiger partial charge in [0.25, 0.3) is 0 Å². The molecule has 0 bridgehead atoms. The van der Waals surface area contributed by atoms with E-state index < -0.39 is 0 Å². The first kappa shape index (κ1) is 14.4. The number of hydrogen-bond donors (Lipinski definition) is 1. The molecule has 1 fully saturated rings. The molecule has 1 aliphatic rings. The molecule has 0 heterocycles. The second-order valence-electron chi connectivity index (χ2n) is 5.86. The Morgan fingerprint density at radius 1 is 1.26 bits per heavy atom. The summed E-state index contributed by atoms with van der Waals surface area (Å²) in [5.41, 5.74) is 1.35. The molecule has 3 unspecified atom stereocenters. The minimum absolute atomic E-state index is 0.672. The normalized spacial score (nSPS) is 27.2. The third-order valence-corrected chi connectivity index (χ3v) is 4.39. The lowest BCUT2D eigenvalue weighted by molar-refractivity contribution is 0.213. The molecule has 0 saturated heterocycles. The van der Waals surface area contributed by atoms with Gasteiger partial charge in [0.2, 0.25) is 0 Å². The van der Waals surface area contributed by atoms with Gasteiger partial charge < -0.3 is 10.1 Å². The highest BCUT2D eigenvalue weighted by Crippen LogP contribution is 2.33. The molecule has 2 heteroatoms. The Balaban J connectivity index is 2.09. The standard InChI is InChI=1S/C17H27NO/c1-4-18-16-10-9-13(2)11-15(16)12-14-7-5-6-8-17(14)19-3/h5-8,13,15-16,18H,4,9-12H2,1-3H3. The SMILES string of the molecule is CCNC1CCC(C)CC1Cc1ccccc1OC. The van der Waals surface area contributed by atoms with Gasteiger partial charge >= 0.3 is 0 Å². The average Bonchev–Trinajstić information content (AvgIpc) is 2.42. The quantitative estimate of drug-likeness (QED) is 0.873.